The smallest absolute Gasteiger partial charge is 0.0615 e. The second-order valence-electron chi connectivity index (χ2n) is 4.57. The van der Waals surface area contributed by atoms with E-state index in [1.165, 1.54) is 12.8 Å². The maximum absolute atomic E-state index is 5.90. The Morgan fingerprint density at radius 3 is 2.41 bits per heavy atom. The van der Waals surface area contributed by atoms with Crippen molar-refractivity contribution in [1.29, 1.82) is 0 Å². The summed E-state index contributed by atoms with van der Waals surface area (Å²) in [6.45, 7) is 7.52. The van der Waals surface area contributed by atoms with E-state index in [1.807, 2.05) is 0 Å². The summed E-state index contributed by atoms with van der Waals surface area (Å²) in [5.74, 6) is 0. The van der Waals surface area contributed by atoms with Crippen LogP contribution in [0.1, 0.15) is 33.1 Å². The Labute approximate surface area is 106 Å². The van der Waals surface area contributed by atoms with Crippen LogP contribution >= 0.6 is 0 Å². The first-order valence-corrected chi connectivity index (χ1v) is 6.64. The molecule has 0 rings (SSSR count). The van der Waals surface area contributed by atoms with Gasteiger partial charge in [-0.05, 0) is 13.3 Å². The average Bonchev–Trinajstić information content (AvgIpc) is 2.33. The number of ether oxygens (including phenoxy) is 2. The Bertz CT molecular complexity index is 167. The molecule has 104 valence electrons. The Morgan fingerprint density at radius 1 is 1.24 bits per heavy atom. The third-order valence-corrected chi connectivity index (χ3v) is 3.16. The van der Waals surface area contributed by atoms with E-state index in [1.54, 1.807) is 14.2 Å². The van der Waals surface area contributed by atoms with Crippen LogP contribution in [0.5, 0.6) is 0 Å². The van der Waals surface area contributed by atoms with Crippen molar-refractivity contribution in [3.05, 3.63) is 0 Å². The minimum atomic E-state index is 0.389. The van der Waals surface area contributed by atoms with Crippen molar-refractivity contribution >= 4 is 0 Å². The second-order valence-corrected chi connectivity index (χ2v) is 4.57. The topological polar surface area (TPSA) is 47.7 Å². The van der Waals surface area contributed by atoms with Gasteiger partial charge in [-0.15, -0.1) is 0 Å². The van der Waals surface area contributed by atoms with Crippen LogP contribution in [0.2, 0.25) is 0 Å². The lowest BCUT2D eigenvalue weighted by Gasteiger charge is -2.35. The van der Waals surface area contributed by atoms with Crippen molar-refractivity contribution < 1.29 is 9.47 Å². The van der Waals surface area contributed by atoms with E-state index in [0.29, 0.717) is 18.6 Å². The van der Waals surface area contributed by atoms with E-state index in [2.05, 4.69) is 18.7 Å². The minimum absolute atomic E-state index is 0.389. The number of hydrogen-bond acceptors (Lipinski definition) is 4. The van der Waals surface area contributed by atoms with Crippen molar-refractivity contribution in [3.63, 3.8) is 0 Å². The highest BCUT2D eigenvalue weighted by Crippen LogP contribution is 2.12. The van der Waals surface area contributed by atoms with E-state index in [9.17, 15) is 0 Å². The summed E-state index contributed by atoms with van der Waals surface area (Å²) in [5, 5.41) is 0. The predicted molar refractivity (Wildman–Crippen MR) is 72.3 cm³/mol. The van der Waals surface area contributed by atoms with E-state index < -0.39 is 0 Å². The normalized spacial score (nSPS) is 15.2. The summed E-state index contributed by atoms with van der Waals surface area (Å²) in [4.78, 5) is 2.42. The van der Waals surface area contributed by atoms with Gasteiger partial charge in [0.1, 0.15) is 0 Å². The Hall–Kier alpha value is -0.160. The van der Waals surface area contributed by atoms with Crippen LogP contribution in [-0.2, 0) is 9.47 Å². The zero-order valence-electron chi connectivity index (χ0n) is 11.9. The number of rotatable bonds is 11. The fraction of sp³-hybridized carbons (Fsp3) is 1.00. The number of nitrogens with two attached hydrogens (primary N) is 1. The highest BCUT2D eigenvalue weighted by molar-refractivity contribution is 4.77. The summed E-state index contributed by atoms with van der Waals surface area (Å²) < 4.78 is 10.4. The fourth-order valence-electron chi connectivity index (χ4n) is 2.16. The van der Waals surface area contributed by atoms with Crippen LogP contribution in [-0.4, -0.2) is 57.5 Å². The highest BCUT2D eigenvalue weighted by atomic mass is 16.5. The van der Waals surface area contributed by atoms with Crippen LogP contribution < -0.4 is 5.73 Å². The molecule has 0 aliphatic rings. The van der Waals surface area contributed by atoms with Gasteiger partial charge in [0.2, 0.25) is 0 Å². The Balaban J connectivity index is 4.37. The third-order valence-electron chi connectivity index (χ3n) is 3.16. The first kappa shape index (κ1) is 16.8. The third kappa shape index (κ3) is 6.99. The van der Waals surface area contributed by atoms with Gasteiger partial charge in [-0.25, -0.2) is 0 Å². The molecule has 17 heavy (non-hydrogen) atoms. The van der Waals surface area contributed by atoms with Gasteiger partial charge in [-0.1, -0.05) is 19.8 Å². The van der Waals surface area contributed by atoms with Crippen molar-refractivity contribution in [1.82, 2.24) is 4.90 Å². The van der Waals surface area contributed by atoms with Gasteiger partial charge >= 0.3 is 0 Å². The molecule has 0 aromatic rings. The average molecular weight is 246 g/mol. The molecule has 0 aromatic carbocycles. The lowest BCUT2D eigenvalue weighted by Crippen LogP contribution is -2.48. The first-order chi connectivity index (χ1) is 8.21. The van der Waals surface area contributed by atoms with Crippen molar-refractivity contribution in [2.24, 2.45) is 5.73 Å². The SMILES string of the molecule is CCCCC(CN)N(CCOC)C(C)COC. The van der Waals surface area contributed by atoms with Crippen molar-refractivity contribution in [2.45, 2.75) is 45.2 Å². The van der Waals surface area contributed by atoms with Gasteiger partial charge in [0.15, 0.2) is 0 Å². The quantitative estimate of drug-likeness (QED) is 0.600. The van der Waals surface area contributed by atoms with Gasteiger partial charge in [0.05, 0.1) is 13.2 Å². The lowest BCUT2D eigenvalue weighted by molar-refractivity contribution is 0.0460. The summed E-state index contributed by atoms with van der Waals surface area (Å²) in [7, 11) is 3.48. The van der Waals surface area contributed by atoms with Crippen LogP contribution in [0.15, 0.2) is 0 Å². The van der Waals surface area contributed by atoms with Crippen LogP contribution in [0, 0.1) is 0 Å². The van der Waals surface area contributed by atoms with Crippen LogP contribution in [0.25, 0.3) is 0 Å². The predicted octanol–water partition coefficient (Wildman–Crippen LogP) is 1.49. The van der Waals surface area contributed by atoms with Crippen molar-refractivity contribution in [2.75, 3.05) is 40.5 Å². The fourth-order valence-corrected chi connectivity index (χ4v) is 2.16. The van der Waals surface area contributed by atoms with Crippen molar-refractivity contribution in [3.8, 4) is 0 Å². The lowest BCUT2D eigenvalue weighted by atomic mass is 10.1. The second kappa shape index (κ2) is 11.0. The standard InChI is InChI=1S/C13H30N2O2/c1-5-6-7-13(10-14)15(8-9-16-3)12(2)11-17-4/h12-13H,5-11,14H2,1-4H3. The summed E-state index contributed by atoms with van der Waals surface area (Å²) in [6, 6.07) is 0.829. The molecule has 0 bridgehead atoms. The van der Waals surface area contributed by atoms with Crippen LogP contribution in [0.4, 0.5) is 0 Å². The molecule has 2 N–H and O–H groups in total. The van der Waals surface area contributed by atoms with E-state index in [0.717, 1.165) is 26.2 Å². The number of unbranched alkanes of at least 4 members (excludes halogenated alkanes) is 1. The Kier molecular flexibility index (Phi) is 10.9. The zero-order valence-corrected chi connectivity index (χ0v) is 11.9. The molecule has 0 heterocycles. The molecule has 0 aromatic heterocycles. The highest BCUT2D eigenvalue weighted by Gasteiger charge is 2.21. The number of hydrogen-bond donors (Lipinski definition) is 1. The molecule has 0 aliphatic carbocycles. The maximum Gasteiger partial charge on any atom is 0.0615 e. The monoisotopic (exact) mass is 246 g/mol. The summed E-state index contributed by atoms with van der Waals surface area (Å²) in [6.07, 6.45) is 3.60. The summed E-state index contributed by atoms with van der Waals surface area (Å²) >= 11 is 0. The molecule has 4 nitrogen and oxygen atoms in total. The van der Waals surface area contributed by atoms with Gasteiger partial charge in [-0.2, -0.15) is 0 Å². The number of nitrogens with zero attached hydrogens (tertiary/aromatic N) is 1. The van der Waals surface area contributed by atoms with E-state index >= 15 is 0 Å². The summed E-state index contributed by atoms with van der Waals surface area (Å²) in [5.41, 5.74) is 5.90. The molecule has 2 unspecified atom stereocenters. The molecule has 4 heteroatoms. The van der Waals surface area contributed by atoms with E-state index in [-0.39, 0.29) is 0 Å². The molecule has 0 spiro atoms. The maximum atomic E-state index is 5.90. The molecular formula is C13H30N2O2. The largest absolute Gasteiger partial charge is 0.383 e. The zero-order chi connectivity index (χ0) is 13.1. The molecule has 0 saturated carbocycles. The van der Waals surface area contributed by atoms with E-state index in [4.69, 9.17) is 15.2 Å². The van der Waals surface area contributed by atoms with Gasteiger partial charge in [0, 0.05) is 39.4 Å². The van der Waals surface area contributed by atoms with Gasteiger partial charge in [-0.3, -0.25) is 4.90 Å². The van der Waals surface area contributed by atoms with Gasteiger partial charge in [0.25, 0.3) is 0 Å². The molecule has 0 saturated heterocycles. The minimum Gasteiger partial charge on any atom is -0.383 e. The molecule has 2 atom stereocenters. The Morgan fingerprint density at radius 2 is 1.94 bits per heavy atom. The molecule has 0 amide bonds. The van der Waals surface area contributed by atoms with Crippen LogP contribution in [0.3, 0.4) is 0 Å². The molecule has 0 aliphatic heterocycles. The molecular weight excluding hydrogens is 216 g/mol. The van der Waals surface area contributed by atoms with Gasteiger partial charge < -0.3 is 15.2 Å². The molecule has 0 fully saturated rings. The number of methoxy groups -OCH3 is 2. The first-order valence-electron chi connectivity index (χ1n) is 6.64. The molecule has 0 radical (unpaired) electrons.